The summed E-state index contributed by atoms with van der Waals surface area (Å²) in [6.45, 7) is 0. The zero-order valence-electron chi connectivity index (χ0n) is 18.5. The lowest BCUT2D eigenvalue weighted by Gasteiger charge is -2.35. The van der Waals surface area contributed by atoms with Gasteiger partial charge in [-0.1, -0.05) is 36.9 Å². The van der Waals surface area contributed by atoms with Crippen molar-refractivity contribution in [3.8, 4) is 17.2 Å². The maximum atomic E-state index is 13.3. The van der Waals surface area contributed by atoms with Crippen LogP contribution in [0.5, 0.6) is 17.2 Å². The summed E-state index contributed by atoms with van der Waals surface area (Å²) in [7, 11) is 2.95. The second kappa shape index (κ2) is 9.35. The highest BCUT2D eigenvalue weighted by atomic mass is 35.5. The number of aliphatic hydroxyl groups excluding tert-OH is 1. The molecule has 1 amide bonds. The van der Waals surface area contributed by atoms with Crippen molar-refractivity contribution in [3.63, 3.8) is 0 Å². The summed E-state index contributed by atoms with van der Waals surface area (Å²) in [5.74, 6) is -1.08. The zero-order valence-corrected chi connectivity index (χ0v) is 19.3. The van der Waals surface area contributed by atoms with Crippen LogP contribution in [0.2, 0.25) is 5.02 Å². The molecule has 1 heterocycles. The molecule has 2 aromatic rings. The van der Waals surface area contributed by atoms with Crippen LogP contribution in [0.3, 0.4) is 0 Å². The van der Waals surface area contributed by atoms with Crippen LogP contribution in [0.4, 0.5) is 0 Å². The minimum Gasteiger partial charge on any atom is -0.507 e. The van der Waals surface area contributed by atoms with Gasteiger partial charge in [-0.15, -0.1) is 0 Å². The predicted octanol–water partition coefficient (Wildman–Crippen LogP) is 4.82. The number of hydrogen-bond donors (Lipinski definition) is 2. The summed E-state index contributed by atoms with van der Waals surface area (Å²) in [6, 6.07) is 8.44. The van der Waals surface area contributed by atoms with E-state index in [4.69, 9.17) is 21.1 Å². The largest absolute Gasteiger partial charge is 0.507 e. The molecule has 2 N–H and O–H groups in total. The molecule has 1 saturated carbocycles. The molecule has 2 aromatic carbocycles. The van der Waals surface area contributed by atoms with Gasteiger partial charge in [0, 0.05) is 6.04 Å². The van der Waals surface area contributed by atoms with E-state index in [9.17, 15) is 19.8 Å². The Hall–Kier alpha value is -3.19. The van der Waals surface area contributed by atoms with Gasteiger partial charge in [0.25, 0.3) is 11.7 Å². The summed E-state index contributed by atoms with van der Waals surface area (Å²) in [6.07, 6.45) is 4.55. The molecule has 174 valence electrons. The molecule has 1 aliphatic heterocycles. The van der Waals surface area contributed by atoms with Crippen molar-refractivity contribution in [1.29, 1.82) is 0 Å². The van der Waals surface area contributed by atoms with Gasteiger partial charge >= 0.3 is 0 Å². The monoisotopic (exact) mass is 471 g/mol. The number of halogens is 1. The fourth-order valence-corrected chi connectivity index (χ4v) is 4.94. The lowest BCUT2D eigenvalue weighted by atomic mass is 9.91. The Balaban J connectivity index is 1.93. The Morgan fingerprint density at radius 3 is 2.39 bits per heavy atom. The molecule has 1 saturated heterocycles. The molecular formula is C25H26ClNO6. The number of nitrogens with zero attached hydrogens (tertiary/aromatic N) is 1. The highest BCUT2D eigenvalue weighted by Gasteiger charge is 2.49. The van der Waals surface area contributed by atoms with Gasteiger partial charge in [0.1, 0.15) is 23.0 Å². The number of amides is 1. The molecule has 1 aliphatic carbocycles. The van der Waals surface area contributed by atoms with E-state index in [-0.39, 0.29) is 33.7 Å². The van der Waals surface area contributed by atoms with Gasteiger partial charge in [0.15, 0.2) is 0 Å². The quantitative estimate of drug-likeness (QED) is 0.369. The lowest BCUT2D eigenvalue weighted by molar-refractivity contribution is -0.141. The standard InChI is InChI=1S/C25H26ClNO6/c1-32-16-9-11-20(33-2)17(13-16)23(29)21-22(14-8-10-19(28)18(26)12-14)27(25(31)24(21)30)15-6-4-3-5-7-15/h8-13,15,22,28-29H,3-7H2,1-2H3/b23-21+. The van der Waals surface area contributed by atoms with Gasteiger partial charge in [-0.25, -0.2) is 0 Å². The van der Waals surface area contributed by atoms with Gasteiger partial charge in [0.05, 0.1) is 36.4 Å². The van der Waals surface area contributed by atoms with Crippen molar-refractivity contribution < 1.29 is 29.3 Å². The minimum absolute atomic E-state index is 0.0427. The molecule has 0 spiro atoms. The third kappa shape index (κ3) is 4.13. The number of aliphatic hydroxyl groups is 1. The van der Waals surface area contributed by atoms with Crippen molar-refractivity contribution in [2.45, 2.75) is 44.2 Å². The van der Waals surface area contributed by atoms with E-state index in [1.165, 1.54) is 26.4 Å². The van der Waals surface area contributed by atoms with Gasteiger partial charge in [-0.05, 0) is 48.7 Å². The number of benzene rings is 2. The molecule has 7 nitrogen and oxygen atoms in total. The van der Waals surface area contributed by atoms with Gasteiger partial charge < -0.3 is 24.6 Å². The molecule has 2 aliphatic rings. The first-order valence-corrected chi connectivity index (χ1v) is 11.3. The second-order valence-corrected chi connectivity index (χ2v) is 8.68. The number of ether oxygens (including phenoxy) is 2. The normalized spacial score (nSPS) is 20.8. The summed E-state index contributed by atoms with van der Waals surface area (Å²) in [5.41, 5.74) is 0.734. The topological polar surface area (TPSA) is 96.3 Å². The van der Waals surface area contributed by atoms with E-state index < -0.39 is 17.7 Å². The Kier molecular flexibility index (Phi) is 6.51. The van der Waals surface area contributed by atoms with E-state index in [0.717, 1.165) is 32.1 Å². The first-order valence-electron chi connectivity index (χ1n) is 10.9. The third-order valence-corrected chi connectivity index (χ3v) is 6.70. The van der Waals surface area contributed by atoms with Gasteiger partial charge in [-0.3, -0.25) is 9.59 Å². The molecule has 1 atom stereocenters. The number of carbonyl (C=O) groups is 2. The number of ketones is 1. The number of carbonyl (C=O) groups excluding carboxylic acids is 2. The zero-order chi connectivity index (χ0) is 23.7. The fraction of sp³-hybridized carbons (Fsp3) is 0.360. The molecule has 0 bridgehead atoms. The van der Waals surface area contributed by atoms with E-state index in [0.29, 0.717) is 17.1 Å². The van der Waals surface area contributed by atoms with Crippen molar-refractivity contribution >= 4 is 29.1 Å². The molecule has 8 heteroatoms. The first kappa shape index (κ1) is 23.0. The van der Waals surface area contributed by atoms with Gasteiger partial charge in [0.2, 0.25) is 0 Å². The van der Waals surface area contributed by atoms with Crippen molar-refractivity contribution in [2.24, 2.45) is 0 Å². The Morgan fingerprint density at radius 1 is 1.03 bits per heavy atom. The highest BCUT2D eigenvalue weighted by Crippen LogP contribution is 2.45. The van der Waals surface area contributed by atoms with Crippen molar-refractivity contribution in [3.05, 3.63) is 58.1 Å². The summed E-state index contributed by atoms with van der Waals surface area (Å²) in [4.78, 5) is 28.1. The minimum atomic E-state index is -0.845. The molecule has 33 heavy (non-hydrogen) atoms. The van der Waals surface area contributed by atoms with Crippen LogP contribution in [0.1, 0.15) is 49.3 Å². The van der Waals surface area contributed by atoms with E-state index in [2.05, 4.69) is 0 Å². The van der Waals surface area contributed by atoms with Crippen LogP contribution < -0.4 is 9.47 Å². The smallest absolute Gasteiger partial charge is 0.295 e. The van der Waals surface area contributed by atoms with E-state index >= 15 is 0 Å². The Morgan fingerprint density at radius 2 is 1.76 bits per heavy atom. The van der Waals surface area contributed by atoms with Gasteiger partial charge in [-0.2, -0.15) is 0 Å². The average molecular weight is 472 g/mol. The Bertz CT molecular complexity index is 1120. The fourth-order valence-electron chi connectivity index (χ4n) is 4.75. The number of likely N-dealkylation sites (tertiary alicyclic amines) is 1. The Labute approximate surface area is 197 Å². The number of phenols is 1. The van der Waals surface area contributed by atoms with E-state index in [1.54, 1.807) is 29.2 Å². The molecular weight excluding hydrogens is 446 g/mol. The second-order valence-electron chi connectivity index (χ2n) is 8.28. The summed E-state index contributed by atoms with van der Waals surface area (Å²) >= 11 is 6.18. The summed E-state index contributed by atoms with van der Waals surface area (Å²) in [5, 5.41) is 21.4. The first-order chi connectivity index (χ1) is 15.9. The molecule has 2 fully saturated rings. The van der Waals surface area contributed by atoms with Crippen LogP contribution in [-0.2, 0) is 9.59 Å². The number of Topliss-reactive ketones (excluding diaryl/α,β-unsaturated/α-hetero) is 1. The number of hydrogen-bond acceptors (Lipinski definition) is 6. The number of rotatable bonds is 5. The maximum Gasteiger partial charge on any atom is 0.295 e. The SMILES string of the molecule is COc1ccc(OC)c(/C(O)=C2\C(=O)C(=O)N(C3CCCCC3)C2c2ccc(O)c(Cl)c2)c1. The molecule has 0 aromatic heterocycles. The van der Waals surface area contributed by atoms with Crippen LogP contribution >= 0.6 is 11.6 Å². The molecule has 4 rings (SSSR count). The van der Waals surface area contributed by atoms with Crippen LogP contribution in [0.25, 0.3) is 5.76 Å². The maximum absolute atomic E-state index is 13.3. The van der Waals surface area contributed by atoms with E-state index in [1.807, 2.05) is 0 Å². The van der Waals surface area contributed by atoms with Crippen molar-refractivity contribution in [1.82, 2.24) is 4.90 Å². The number of aromatic hydroxyl groups is 1. The number of phenolic OH excluding ortho intramolecular Hbond substituents is 1. The van der Waals surface area contributed by atoms with Crippen LogP contribution in [0, 0.1) is 0 Å². The van der Waals surface area contributed by atoms with Crippen LogP contribution in [-0.4, -0.2) is 47.1 Å². The summed E-state index contributed by atoms with van der Waals surface area (Å²) < 4.78 is 10.7. The highest BCUT2D eigenvalue weighted by molar-refractivity contribution is 6.46. The third-order valence-electron chi connectivity index (χ3n) is 6.40. The predicted molar refractivity (Wildman–Crippen MR) is 124 cm³/mol. The lowest BCUT2D eigenvalue weighted by Crippen LogP contribution is -2.40. The van der Waals surface area contributed by atoms with Crippen LogP contribution in [0.15, 0.2) is 42.0 Å². The van der Waals surface area contributed by atoms with Crippen molar-refractivity contribution in [2.75, 3.05) is 14.2 Å². The number of methoxy groups -OCH3 is 2. The average Bonchev–Trinajstić information content (AvgIpc) is 3.10. The molecule has 1 unspecified atom stereocenters. The molecule has 0 radical (unpaired) electrons.